The summed E-state index contributed by atoms with van der Waals surface area (Å²) in [5, 5.41) is 17.7. The van der Waals surface area contributed by atoms with Gasteiger partial charge in [-0.05, 0) is 49.0 Å². The van der Waals surface area contributed by atoms with Gasteiger partial charge in [0.25, 0.3) is 11.6 Å². The standard InChI is InChI=1S/C26H31ClN6O5S/c1-2-3-24(34)32-10-8-30(9-11-32)21-7-5-19(17-20(21)27)28-26(39)29-25(35)18-4-6-22(23(16-18)33(36)37)31-12-14-38-15-13-31/h4-7,16-17H,2-3,8-15H2,1H3,(H2,28,29,35,39). The summed E-state index contributed by atoms with van der Waals surface area (Å²) in [4.78, 5) is 42.0. The first-order chi connectivity index (χ1) is 18.8. The van der Waals surface area contributed by atoms with Crippen LogP contribution in [0, 0.1) is 10.1 Å². The maximum Gasteiger partial charge on any atom is 0.293 e. The van der Waals surface area contributed by atoms with E-state index < -0.39 is 10.8 Å². The van der Waals surface area contributed by atoms with E-state index in [2.05, 4.69) is 15.5 Å². The minimum absolute atomic E-state index is 0.0341. The summed E-state index contributed by atoms with van der Waals surface area (Å²) in [6, 6.07) is 9.75. The van der Waals surface area contributed by atoms with E-state index in [0.717, 1.165) is 12.1 Å². The molecule has 2 N–H and O–H groups in total. The molecule has 0 aliphatic carbocycles. The number of carbonyl (C=O) groups excluding carboxylic acids is 2. The molecule has 0 unspecified atom stereocenters. The van der Waals surface area contributed by atoms with Gasteiger partial charge in [0.15, 0.2) is 5.11 Å². The minimum Gasteiger partial charge on any atom is -0.378 e. The van der Waals surface area contributed by atoms with Crippen LogP contribution in [0.5, 0.6) is 0 Å². The zero-order valence-electron chi connectivity index (χ0n) is 21.7. The molecule has 39 heavy (non-hydrogen) atoms. The molecule has 13 heteroatoms. The Morgan fingerprint density at radius 2 is 1.69 bits per heavy atom. The highest BCUT2D eigenvalue weighted by atomic mass is 35.5. The predicted octanol–water partition coefficient (Wildman–Crippen LogP) is 3.66. The summed E-state index contributed by atoms with van der Waals surface area (Å²) in [5.74, 6) is -0.386. The number of hydrogen-bond donors (Lipinski definition) is 2. The molecule has 2 fully saturated rings. The molecule has 2 aromatic carbocycles. The smallest absolute Gasteiger partial charge is 0.293 e. The van der Waals surface area contributed by atoms with Crippen LogP contribution in [0.1, 0.15) is 30.1 Å². The van der Waals surface area contributed by atoms with E-state index in [-0.39, 0.29) is 22.3 Å². The van der Waals surface area contributed by atoms with Crippen LogP contribution in [-0.2, 0) is 9.53 Å². The minimum atomic E-state index is -0.567. The Morgan fingerprint density at radius 1 is 1.03 bits per heavy atom. The van der Waals surface area contributed by atoms with Gasteiger partial charge in [0.1, 0.15) is 5.69 Å². The second kappa shape index (κ2) is 13.0. The van der Waals surface area contributed by atoms with Crippen molar-refractivity contribution in [1.82, 2.24) is 10.2 Å². The van der Waals surface area contributed by atoms with Crippen molar-refractivity contribution in [2.24, 2.45) is 0 Å². The van der Waals surface area contributed by atoms with Crippen molar-refractivity contribution < 1.29 is 19.2 Å². The number of benzene rings is 2. The number of morpholine rings is 1. The average molecular weight is 575 g/mol. The Morgan fingerprint density at radius 3 is 2.33 bits per heavy atom. The van der Waals surface area contributed by atoms with E-state index in [4.69, 9.17) is 28.6 Å². The van der Waals surface area contributed by atoms with Crippen LogP contribution in [0.15, 0.2) is 36.4 Å². The van der Waals surface area contributed by atoms with Gasteiger partial charge in [-0.3, -0.25) is 25.0 Å². The molecular formula is C26H31ClN6O5S. The molecule has 2 heterocycles. The summed E-state index contributed by atoms with van der Waals surface area (Å²) in [5.41, 5.74) is 1.85. The van der Waals surface area contributed by atoms with Crippen molar-refractivity contribution in [3.63, 3.8) is 0 Å². The number of hydrogen-bond acceptors (Lipinski definition) is 8. The number of nitro benzene ring substituents is 1. The molecular weight excluding hydrogens is 544 g/mol. The zero-order chi connectivity index (χ0) is 27.9. The van der Waals surface area contributed by atoms with Crippen LogP contribution in [0.4, 0.5) is 22.7 Å². The topological polar surface area (TPSA) is 120 Å². The number of ether oxygens (including phenoxy) is 1. The van der Waals surface area contributed by atoms with Crippen molar-refractivity contribution in [3.8, 4) is 0 Å². The largest absolute Gasteiger partial charge is 0.378 e. The molecule has 0 bridgehead atoms. The van der Waals surface area contributed by atoms with Gasteiger partial charge in [-0.1, -0.05) is 18.5 Å². The van der Waals surface area contributed by atoms with Crippen molar-refractivity contribution in [2.45, 2.75) is 19.8 Å². The van der Waals surface area contributed by atoms with Crippen LogP contribution < -0.4 is 20.4 Å². The molecule has 4 rings (SSSR count). The number of piperazine rings is 1. The average Bonchev–Trinajstić information content (AvgIpc) is 2.93. The molecule has 11 nitrogen and oxygen atoms in total. The van der Waals surface area contributed by atoms with E-state index in [1.54, 1.807) is 18.2 Å². The first kappa shape index (κ1) is 28.5. The summed E-state index contributed by atoms with van der Waals surface area (Å²) >= 11 is 11.8. The number of amides is 2. The van der Waals surface area contributed by atoms with E-state index in [9.17, 15) is 19.7 Å². The summed E-state index contributed by atoms with van der Waals surface area (Å²) in [7, 11) is 0. The fourth-order valence-electron chi connectivity index (χ4n) is 4.63. The molecule has 0 aromatic heterocycles. The zero-order valence-corrected chi connectivity index (χ0v) is 23.2. The summed E-state index contributed by atoms with van der Waals surface area (Å²) < 4.78 is 5.32. The van der Waals surface area contributed by atoms with Crippen molar-refractivity contribution >= 4 is 63.5 Å². The number of anilines is 3. The number of thiocarbonyl (C=S) groups is 1. The van der Waals surface area contributed by atoms with E-state index in [1.165, 1.54) is 12.1 Å². The van der Waals surface area contributed by atoms with Crippen LogP contribution in [0.2, 0.25) is 5.02 Å². The highest BCUT2D eigenvalue weighted by Gasteiger charge is 2.24. The fourth-order valence-corrected chi connectivity index (χ4v) is 5.14. The second-order valence-corrected chi connectivity index (χ2v) is 10.1. The molecule has 2 aliphatic rings. The van der Waals surface area contributed by atoms with Gasteiger partial charge in [-0.25, -0.2) is 0 Å². The van der Waals surface area contributed by atoms with Crippen molar-refractivity contribution in [1.29, 1.82) is 0 Å². The quantitative estimate of drug-likeness (QED) is 0.290. The Balaban J connectivity index is 1.35. The van der Waals surface area contributed by atoms with Crippen molar-refractivity contribution in [2.75, 3.05) is 67.6 Å². The Kier molecular flexibility index (Phi) is 9.54. The lowest BCUT2D eigenvalue weighted by atomic mass is 10.1. The van der Waals surface area contributed by atoms with Gasteiger partial charge < -0.3 is 24.8 Å². The van der Waals surface area contributed by atoms with Gasteiger partial charge >= 0.3 is 0 Å². The van der Waals surface area contributed by atoms with E-state index >= 15 is 0 Å². The molecule has 0 spiro atoms. The SMILES string of the molecule is CCCC(=O)N1CCN(c2ccc(NC(=S)NC(=O)c3ccc(N4CCOCC4)c([N+](=O)[O-])c3)cc2Cl)CC1. The number of rotatable bonds is 7. The molecule has 2 amide bonds. The number of nitrogens with zero attached hydrogens (tertiary/aromatic N) is 4. The summed E-state index contributed by atoms with van der Waals surface area (Å²) in [6.07, 6.45) is 1.40. The van der Waals surface area contributed by atoms with Crippen molar-refractivity contribution in [3.05, 3.63) is 57.1 Å². The third-order valence-corrected chi connectivity index (χ3v) is 7.16. The number of nitrogens with one attached hydrogen (secondary N) is 2. The van der Waals surface area contributed by atoms with Crippen LogP contribution in [0.3, 0.4) is 0 Å². The molecule has 2 aromatic rings. The van der Waals surface area contributed by atoms with Crippen LogP contribution in [0.25, 0.3) is 0 Å². The molecule has 0 saturated carbocycles. The Labute approximate surface area is 237 Å². The highest BCUT2D eigenvalue weighted by molar-refractivity contribution is 7.80. The predicted molar refractivity (Wildman–Crippen MR) is 155 cm³/mol. The number of carbonyl (C=O) groups is 2. The van der Waals surface area contributed by atoms with Crippen LogP contribution >= 0.6 is 23.8 Å². The Bertz CT molecular complexity index is 1250. The number of nitro groups is 1. The number of halogens is 1. The first-order valence-corrected chi connectivity index (χ1v) is 13.6. The molecule has 2 saturated heterocycles. The molecule has 0 atom stereocenters. The lowest BCUT2D eigenvalue weighted by molar-refractivity contribution is -0.384. The summed E-state index contributed by atoms with van der Waals surface area (Å²) in [6.45, 7) is 6.72. The molecule has 208 valence electrons. The molecule has 0 radical (unpaired) electrons. The van der Waals surface area contributed by atoms with Gasteiger partial charge in [0.2, 0.25) is 5.91 Å². The van der Waals surface area contributed by atoms with Crippen LogP contribution in [-0.4, -0.2) is 79.2 Å². The van der Waals surface area contributed by atoms with E-state index in [0.29, 0.717) is 75.3 Å². The third kappa shape index (κ3) is 7.14. The second-order valence-electron chi connectivity index (χ2n) is 9.25. The monoisotopic (exact) mass is 574 g/mol. The lowest BCUT2D eigenvalue weighted by Gasteiger charge is -2.36. The van der Waals surface area contributed by atoms with Gasteiger partial charge in [-0.2, -0.15) is 0 Å². The molecule has 2 aliphatic heterocycles. The maximum atomic E-state index is 12.8. The maximum absolute atomic E-state index is 12.8. The third-order valence-electron chi connectivity index (χ3n) is 6.66. The highest BCUT2D eigenvalue weighted by Crippen LogP contribution is 2.31. The Hall–Kier alpha value is -3.48. The van der Waals surface area contributed by atoms with Gasteiger partial charge in [-0.15, -0.1) is 0 Å². The normalized spacial score (nSPS) is 15.6. The van der Waals surface area contributed by atoms with Gasteiger partial charge in [0.05, 0.1) is 28.8 Å². The fraction of sp³-hybridized carbons (Fsp3) is 0.423. The first-order valence-electron chi connectivity index (χ1n) is 12.8. The lowest BCUT2D eigenvalue weighted by Crippen LogP contribution is -2.48. The van der Waals surface area contributed by atoms with Gasteiger partial charge in [0, 0.05) is 63.0 Å². The van der Waals surface area contributed by atoms with E-state index in [1.807, 2.05) is 22.8 Å².